The van der Waals surface area contributed by atoms with Crippen molar-refractivity contribution in [2.75, 3.05) is 5.32 Å². The number of carbonyl (C=O) groups excluding carboxylic acids is 2. The van der Waals surface area contributed by atoms with Gasteiger partial charge in [-0.3, -0.25) is 9.59 Å². The largest absolute Gasteiger partial charge is 0.344 e. The van der Waals surface area contributed by atoms with Crippen LogP contribution < -0.4 is 10.6 Å². The van der Waals surface area contributed by atoms with Crippen molar-refractivity contribution in [2.45, 2.75) is 25.8 Å². The third-order valence-electron chi connectivity index (χ3n) is 2.59. The molecule has 0 radical (unpaired) electrons. The van der Waals surface area contributed by atoms with E-state index in [1.807, 2.05) is 13.0 Å². The Hall–Kier alpha value is -1.43. The van der Waals surface area contributed by atoms with Crippen LogP contribution in [0.2, 0.25) is 0 Å². The lowest BCUT2D eigenvalue weighted by molar-refractivity contribution is -0.122. The van der Waals surface area contributed by atoms with Gasteiger partial charge in [0, 0.05) is 6.42 Å². The molecule has 0 aliphatic carbocycles. The van der Waals surface area contributed by atoms with Gasteiger partial charge < -0.3 is 10.6 Å². The van der Waals surface area contributed by atoms with E-state index in [4.69, 9.17) is 0 Å². The number of aromatic nitrogens is 1. The number of carbonyl (C=O) groups is 2. The Balaban J connectivity index is 2.03. The first-order valence-electron chi connectivity index (χ1n) is 5.28. The number of rotatable bonds is 2. The predicted molar refractivity (Wildman–Crippen MR) is 66.5 cm³/mol. The van der Waals surface area contributed by atoms with Crippen LogP contribution in [0.25, 0.3) is 0 Å². The van der Waals surface area contributed by atoms with E-state index in [0.717, 1.165) is 10.2 Å². The molecule has 1 aromatic rings. The number of aryl methyl sites for hydroxylation is 1. The maximum absolute atomic E-state index is 11.8. The molecular weight excluding hydrogens is 286 g/mol. The summed E-state index contributed by atoms with van der Waals surface area (Å²) in [7, 11) is 0. The standard InChI is InChI=1S/C11H12BrN3O2/c1-6-4-7(5-13-10(6)12)14-11(17)8-2-3-9(16)15-8/h4-5,8H,2-3H2,1H3,(H,14,17)(H,15,16). The molecule has 2 N–H and O–H groups in total. The highest BCUT2D eigenvalue weighted by Crippen LogP contribution is 2.17. The minimum Gasteiger partial charge on any atom is -0.344 e. The third-order valence-corrected chi connectivity index (χ3v) is 3.42. The number of anilines is 1. The van der Waals surface area contributed by atoms with Crippen molar-refractivity contribution in [3.05, 3.63) is 22.4 Å². The second kappa shape index (κ2) is 4.83. The fourth-order valence-corrected chi connectivity index (χ4v) is 1.88. The van der Waals surface area contributed by atoms with E-state index in [1.54, 1.807) is 6.20 Å². The monoisotopic (exact) mass is 297 g/mol. The number of amides is 2. The molecule has 0 spiro atoms. The molecule has 2 rings (SSSR count). The molecule has 1 atom stereocenters. The molecule has 0 bridgehead atoms. The van der Waals surface area contributed by atoms with E-state index in [9.17, 15) is 9.59 Å². The summed E-state index contributed by atoms with van der Waals surface area (Å²) in [4.78, 5) is 26.9. The molecule has 1 aliphatic rings. The normalized spacial score (nSPS) is 18.9. The summed E-state index contributed by atoms with van der Waals surface area (Å²) in [5.74, 6) is -0.269. The van der Waals surface area contributed by atoms with E-state index in [1.165, 1.54) is 0 Å². The van der Waals surface area contributed by atoms with E-state index in [0.29, 0.717) is 18.5 Å². The van der Waals surface area contributed by atoms with E-state index >= 15 is 0 Å². The molecule has 1 unspecified atom stereocenters. The fourth-order valence-electron chi connectivity index (χ4n) is 1.67. The number of halogens is 1. The number of hydrogen-bond acceptors (Lipinski definition) is 3. The Morgan fingerprint density at radius 1 is 1.65 bits per heavy atom. The summed E-state index contributed by atoms with van der Waals surface area (Å²) in [6, 6.07) is 1.40. The van der Waals surface area contributed by atoms with Gasteiger partial charge in [0.05, 0.1) is 11.9 Å². The quantitative estimate of drug-likeness (QED) is 0.810. The summed E-state index contributed by atoms with van der Waals surface area (Å²) in [6.07, 6.45) is 2.54. The molecule has 5 nitrogen and oxygen atoms in total. The highest BCUT2D eigenvalue weighted by atomic mass is 79.9. The zero-order valence-electron chi connectivity index (χ0n) is 9.29. The van der Waals surface area contributed by atoms with Crippen LogP contribution in [0.4, 0.5) is 5.69 Å². The average Bonchev–Trinajstić information content (AvgIpc) is 2.70. The van der Waals surface area contributed by atoms with E-state index < -0.39 is 6.04 Å². The van der Waals surface area contributed by atoms with Gasteiger partial charge in [-0.1, -0.05) is 0 Å². The molecule has 90 valence electrons. The van der Waals surface area contributed by atoms with Crippen LogP contribution in [-0.4, -0.2) is 22.8 Å². The molecule has 1 aromatic heterocycles. The van der Waals surface area contributed by atoms with Crippen LogP contribution in [0.5, 0.6) is 0 Å². The number of hydrogen-bond donors (Lipinski definition) is 2. The number of pyridine rings is 1. The first kappa shape index (κ1) is 12.0. The summed E-state index contributed by atoms with van der Waals surface area (Å²) in [5, 5.41) is 5.35. The third kappa shape index (κ3) is 2.82. The minimum atomic E-state index is -0.425. The zero-order valence-corrected chi connectivity index (χ0v) is 10.9. The summed E-state index contributed by atoms with van der Waals surface area (Å²) < 4.78 is 0.754. The van der Waals surface area contributed by atoms with Crippen molar-refractivity contribution in [3.63, 3.8) is 0 Å². The molecule has 1 saturated heterocycles. The molecular formula is C11H12BrN3O2. The van der Waals surface area contributed by atoms with Crippen LogP contribution in [-0.2, 0) is 9.59 Å². The molecule has 0 aromatic carbocycles. The maximum atomic E-state index is 11.8. The Morgan fingerprint density at radius 3 is 3.00 bits per heavy atom. The lowest BCUT2D eigenvalue weighted by Crippen LogP contribution is -2.37. The SMILES string of the molecule is Cc1cc(NC(=O)C2CCC(=O)N2)cnc1Br. The maximum Gasteiger partial charge on any atom is 0.247 e. The molecule has 2 amide bonds. The zero-order chi connectivity index (χ0) is 12.4. The fraction of sp³-hybridized carbons (Fsp3) is 0.364. The van der Waals surface area contributed by atoms with Gasteiger partial charge in [0.25, 0.3) is 0 Å². The Bertz CT molecular complexity index is 476. The first-order valence-corrected chi connectivity index (χ1v) is 6.08. The van der Waals surface area contributed by atoms with Gasteiger partial charge in [0.2, 0.25) is 11.8 Å². The number of nitrogens with one attached hydrogen (secondary N) is 2. The molecule has 6 heteroatoms. The van der Waals surface area contributed by atoms with Crippen molar-refractivity contribution in [1.29, 1.82) is 0 Å². The summed E-state index contributed by atoms with van der Waals surface area (Å²) in [5.41, 5.74) is 1.58. The van der Waals surface area contributed by atoms with Crippen molar-refractivity contribution in [2.24, 2.45) is 0 Å². The topological polar surface area (TPSA) is 71.1 Å². The van der Waals surface area contributed by atoms with Crippen LogP contribution in [0.15, 0.2) is 16.9 Å². The average molecular weight is 298 g/mol. The van der Waals surface area contributed by atoms with Gasteiger partial charge in [0.15, 0.2) is 0 Å². The summed E-state index contributed by atoms with van der Waals surface area (Å²) in [6.45, 7) is 1.89. The van der Waals surface area contributed by atoms with Gasteiger partial charge >= 0.3 is 0 Å². The Morgan fingerprint density at radius 2 is 2.41 bits per heavy atom. The molecule has 1 aliphatic heterocycles. The van der Waals surface area contributed by atoms with Gasteiger partial charge in [-0.15, -0.1) is 0 Å². The Labute approximate surface area is 107 Å². The Kier molecular flexibility index (Phi) is 3.42. The van der Waals surface area contributed by atoms with Crippen molar-refractivity contribution < 1.29 is 9.59 Å². The van der Waals surface area contributed by atoms with Crippen LogP contribution >= 0.6 is 15.9 Å². The van der Waals surface area contributed by atoms with Crippen LogP contribution in [0.3, 0.4) is 0 Å². The van der Waals surface area contributed by atoms with Crippen molar-refractivity contribution in [3.8, 4) is 0 Å². The molecule has 17 heavy (non-hydrogen) atoms. The number of nitrogens with zero attached hydrogens (tertiary/aromatic N) is 1. The lowest BCUT2D eigenvalue weighted by Gasteiger charge is -2.11. The predicted octanol–water partition coefficient (Wildman–Crippen LogP) is 1.37. The van der Waals surface area contributed by atoms with Gasteiger partial charge in [-0.25, -0.2) is 4.98 Å². The van der Waals surface area contributed by atoms with Gasteiger partial charge in [-0.05, 0) is 40.9 Å². The molecule has 1 fully saturated rings. The summed E-state index contributed by atoms with van der Waals surface area (Å²) >= 11 is 3.29. The van der Waals surface area contributed by atoms with Crippen molar-refractivity contribution in [1.82, 2.24) is 10.3 Å². The highest BCUT2D eigenvalue weighted by Gasteiger charge is 2.27. The molecule has 0 saturated carbocycles. The smallest absolute Gasteiger partial charge is 0.247 e. The van der Waals surface area contributed by atoms with Crippen molar-refractivity contribution >= 4 is 33.4 Å². The van der Waals surface area contributed by atoms with Gasteiger partial charge in [0.1, 0.15) is 10.6 Å². The van der Waals surface area contributed by atoms with E-state index in [-0.39, 0.29) is 11.8 Å². The van der Waals surface area contributed by atoms with Crippen LogP contribution in [0, 0.1) is 6.92 Å². The lowest BCUT2D eigenvalue weighted by atomic mass is 10.2. The minimum absolute atomic E-state index is 0.0738. The van der Waals surface area contributed by atoms with Gasteiger partial charge in [-0.2, -0.15) is 0 Å². The van der Waals surface area contributed by atoms with E-state index in [2.05, 4.69) is 31.5 Å². The second-order valence-electron chi connectivity index (χ2n) is 3.98. The second-order valence-corrected chi connectivity index (χ2v) is 4.73. The van der Waals surface area contributed by atoms with Crippen LogP contribution in [0.1, 0.15) is 18.4 Å². The first-order chi connectivity index (χ1) is 8.06. The molecule has 2 heterocycles. The highest BCUT2D eigenvalue weighted by molar-refractivity contribution is 9.10.